The Morgan fingerprint density at radius 1 is 0.962 bits per heavy atom. The van der Waals surface area contributed by atoms with E-state index >= 15 is 0 Å². The van der Waals surface area contributed by atoms with Gasteiger partial charge in [0.05, 0.1) is 0 Å². The molecule has 128 valence electrons. The number of halogens is 1. The molecule has 26 heavy (non-hydrogen) atoms. The Kier molecular flexibility index (Phi) is 4.35. The minimum atomic E-state index is -0.0874. The van der Waals surface area contributed by atoms with Crippen molar-refractivity contribution in [3.05, 3.63) is 87.9 Å². The molecule has 0 radical (unpaired) electrons. The van der Waals surface area contributed by atoms with E-state index in [9.17, 15) is 4.79 Å². The van der Waals surface area contributed by atoms with Gasteiger partial charge in [-0.1, -0.05) is 46.3 Å². The van der Waals surface area contributed by atoms with Crippen LogP contribution in [0.25, 0.3) is 11.6 Å². The van der Waals surface area contributed by atoms with Crippen molar-refractivity contribution in [3.8, 4) is 11.5 Å². The lowest BCUT2D eigenvalue weighted by Gasteiger charge is -2.08. The first-order chi connectivity index (χ1) is 12.6. The van der Waals surface area contributed by atoms with Gasteiger partial charge in [0.15, 0.2) is 0 Å². The molecular weight excluding hydrogens is 390 g/mol. The van der Waals surface area contributed by atoms with Crippen LogP contribution in [0.15, 0.2) is 71.2 Å². The predicted octanol–water partition coefficient (Wildman–Crippen LogP) is 6.04. The van der Waals surface area contributed by atoms with Crippen LogP contribution in [0, 0.1) is 6.92 Å². The number of anilines is 1. The van der Waals surface area contributed by atoms with Gasteiger partial charge in [-0.25, -0.2) is 0 Å². The predicted molar refractivity (Wildman–Crippen MR) is 108 cm³/mol. The first-order valence-electron chi connectivity index (χ1n) is 8.27. The molecule has 4 heteroatoms. The lowest BCUT2D eigenvalue weighted by molar-refractivity contribution is -0.110. The molecule has 3 aromatic carbocycles. The van der Waals surface area contributed by atoms with Crippen LogP contribution in [0.3, 0.4) is 0 Å². The Labute approximate surface area is 160 Å². The van der Waals surface area contributed by atoms with Crippen molar-refractivity contribution in [2.24, 2.45) is 0 Å². The maximum absolute atomic E-state index is 12.4. The van der Waals surface area contributed by atoms with Gasteiger partial charge in [0.1, 0.15) is 11.5 Å². The van der Waals surface area contributed by atoms with Crippen LogP contribution in [0.2, 0.25) is 0 Å². The normalized spacial score (nSPS) is 14.2. The topological polar surface area (TPSA) is 38.3 Å². The number of rotatable bonds is 3. The summed E-state index contributed by atoms with van der Waals surface area (Å²) in [5.41, 5.74) is 4.41. The van der Waals surface area contributed by atoms with E-state index in [1.165, 1.54) is 0 Å². The highest BCUT2D eigenvalue weighted by Crippen LogP contribution is 2.38. The summed E-state index contributed by atoms with van der Waals surface area (Å²) in [5.74, 6) is 1.42. The van der Waals surface area contributed by atoms with Gasteiger partial charge < -0.3 is 10.1 Å². The Bertz CT molecular complexity index is 1030. The molecule has 0 bridgehead atoms. The van der Waals surface area contributed by atoms with Gasteiger partial charge in [0, 0.05) is 21.3 Å². The van der Waals surface area contributed by atoms with Crippen LogP contribution in [0.4, 0.5) is 5.69 Å². The molecule has 0 saturated heterocycles. The highest BCUT2D eigenvalue weighted by atomic mass is 79.9. The monoisotopic (exact) mass is 405 g/mol. The standard InChI is InChI=1S/C22H16BrNO2/c1-14-19(23)10-11-20-21(14)18(22(25)24-20)13-15-6-5-9-17(12-15)26-16-7-3-2-4-8-16/h2-13H,1H3,(H,24,25). The van der Waals surface area contributed by atoms with Crippen LogP contribution in [0.5, 0.6) is 11.5 Å². The zero-order chi connectivity index (χ0) is 18.1. The molecule has 1 N–H and O–H groups in total. The second kappa shape index (κ2) is 6.81. The van der Waals surface area contributed by atoms with Gasteiger partial charge in [-0.2, -0.15) is 0 Å². The smallest absolute Gasteiger partial charge is 0.256 e. The van der Waals surface area contributed by atoms with Gasteiger partial charge in [-0.05, 0) is 60.5 Å². The molecule has 0 unspecified atom stereocenters. The number of carbonyl (C=O) groups excluding carboxylic acids is 1. The summed E-state index contributed by atoms with van der Waals surface area (Å²) in [6.07, 6.45) is 1.90. The summed E-state index contributed by atoms with van der Waals surface area (Å²) in [6.45, 7) is 2.01. The van der Waals surface area contributed by atoms with Gasteiger partial charge in [0.2, 0.25) is 0 Å². The average Bonchev–Trinajstić information content (AvgIpc) is 2.96. The number of fused-ring (bicyclic) bond motifs is 1. The molecule has 1 aliphatic heterocycles. The quantitative estimate of drug-likeness (QED) is 0.539. The van der Waals surface area contributed by atoms with Gasteiger partial charge >= 0.3 is 0 Å². The Morgan fingerprint density at radius 2 is 1.73 bits per heavy atom. The van der Waals surface area contributed by atoms with Crippen LogP contribution < -0.4 is 10.1 Å². The van der Waals surface area contributed by atoms with Crippen LogP contribution in [0.1, 0.15) is 16.7 Å². The minimum Gasteiger partial charge on any atom is -0.457 e. The summed E-state index contributed by atoms with van der Waals surface area (Å²) >= 11 is 3.54. The number of carbonyl (C=O) groups is 1. The van der Waals surface area contributed by atoms with E-state index in [0.29, 0.717) is 5.57 Å². The molecule has 1 heterocycles. The van der Waals surface area contributed by atoms with E-state index in [-0.39, 0.29) is 5.91 Å². The molecule has 3 aromatic rings. The molecule has 0 saturated carbocycles. The van der Waals surface area contributed by atoms with Gasteiger partial charge in [0.25, 0.3) is 5.91 Å². The molecule has 4 rings (SSSR count). The molecule has 1 aliphatic rings. The minimum absolute atomic E-state index is 0.0874. The van der Waals surface area contributed by atoms with E-state index < -0.39 is 0 Å². The highest BCUT2D eigenvalue weighted by Gasteiger charge is 2.26. The van der Waals surface area contributed by atoms with Crippen molar-refractivity contribution >= 4 is 39.2 Å². The third-order valence-corrected chi connectivity index (χ3v) is 5.17. The molecule has 0 atom stereocenters. The fourth-order valence-corrected chi connectivity index (χ4v) is 3.37. The number of amides is 1. The Balaban J connectivity index is 1.71. The Morgan fingerprint density at radius 3 is 2.54 bits per heavy atom. The third-order valence-electron chi connectivity index (χ3n) is 4.31. The van der Waals surface area contributed by atoms with E-state index in [1.807, 2.05) is 79.7 Å². The molecule has 1 amide bonds. The number of ether oxygens (including phenoxy) is 1. The second-order valence-electron chi connectivity index (χ2n) is 6.09. The van der Waals surface area contributed by atoms with Crippen LogP contribution in [-0.4, -0.2) is 5.91 Å². The number of benzene rings is 3. The van der Waals surface area contributed by atoms with Crippen molar-refractivity contribution in [3.63, 3.8) is 0 Å². The van der Waals surface area contributed by atoms with Crippen molar-refractivity contribution in [2.75, 3.05) is 5.32 Å². The first kappa shape index (κ1) is 16.6. The number of para-hydroxylation sites is 1. The second-order valence-corrected chi connectivity index (χ2v) is 6.95. The molecule has 0 aromatic heterocycles. The number of hydrogen-bond acceptors (Lipinski definition) is 2. The fraction of sp³-hybridized carbons (Fsp3) is 0.0455. The van der Waals surface area contributed by atoms with E-state index in [2.05, 4.69) is 21.2 Å². The summed E-state index contributed by atoms with van der Waals surface area (Å²) in [7, 11) is 0. The van der Waals surface area contributed by atoms with Crippen molar-refractivity contribution in [1.82, 2.24) is 0 Å². The maximum Gasteiger partial charge on any atom is 0.256 e. The SMILES string of the molecule is Cc1c(Br)ccc2c1C(=Cc1cccc(Oc3ccccc3)c1)C(=O)N2. The lowest BCUT2D eigenvalue weighted by Crippen LogP contribution is -2.03. The summed E-state index contributed by atoms with van der Waals surface area (Å²) in [6, 6.07) is 21.2. The summed E-state index contributed by atoms with van der Waals surface area (Å²) in [5, 5.41) is 2.93. The largest absolute Gasteiger partial charge is 0.457 e. The number of nitrogens with one attached hydrogen (secondary N) is 1. The van der Waals surface area contributed by atoms with Crippen molar-refractivity contribution in [1.29, 1.82) is 0 Å². The van der Waals surface area contributed by atoms with E-state index in [0.717, 1.165) is 38.3 Å². The molecule has 0 aliphatic carbocycles. The molecule has 3 nitrogen and oxygen atoms in total. The fourth-order valence-electron chi connectivity index (χ4n) is 3.04. The molecule has 0 fully saturated rings. The zero-order valence-corrected chi connectivity index (χ0v) is 15.7. The Hall–Kier alpha value is -2.85. The zero-order valence-electron chi connectivity index (χ0n) is 14.1. The van der Waals surface area contributed by atoms with Gasteiger partial charge in [-0.15, -0.1) is 0 Å². The van der Waals surface area contributed by atoms with E-state index in [1.54, 1.807) is 0 Å². The highest BCUT2D eigenvalue weighted by molar-refractivity contribution is 9.10. The van der Waals surface area contributed by atoms with Crippen LogP contribution >= 0.6 is 15.9 Å². The number of hydrogen-bond donors (Lipinski definition) is 1. The summed E-state index contributed by atoms with van der Waals surface area (Å²) in [4.78, 5) is 12.4. The lowest BCUT2D eigenvalue weighted by atomic mass is 9.99. The first-order valence-corrected chi connectivity index (χ1v) is 9.06. The van der Waals surface area contributed by atoms with Crippen LogP contribution in [-0.2, 0) is 4.79 Å². The van der Waals surface area contributed by atoms with Crippen molar-refractivity contribution in [2.45, 2.75) is 6.92 Å². The van der Waals surface area contributed by atoms with Crippen molar-refractivity contribution < 1.29 is 9.53 Å². The van der Waals surface area contributed by atoms with Gasteiger partial charge in [-0.3, -0.25) is 4.79 Å². The molecule has 0 spiro atoms. The third kappa shape index (κ3) is 3.16. The molecular formula is C22H16BrNO2. The maximum atomic E-state index is 12.4. The average molecular weight is 406 g/mol. The van der Waals surface area contributed by atoms with E-state index in [4.69, 9.17) is 4.74 Å². The summed E-state index contributed by atoms with van der Waals surface area (Å²) < 4.78 is 6.87.